The summed E-state index contributed by atoms with van der Waals surface area (Å²) in [6.07, 6.45) is 2.84. The quantitative estimate of drug-likeness (QED) is 0.468. The lowest BCUT2D eigenvalue weighted by Gasteiger charge is -2.25. The van der Waals surface area contributed by atoms with Gasteiger partial charge in [-0.05, 0) is 73.5 Å². The zero-order valence-electron chi connectivity index (χ0n) is 18.8. The smallest absolute Gasteiger partial charge is 0.328 e. The molecule has 0 amide bonds. The summed E-state index contributed by atoms with van der Waals surface area (Å²) in [6, 6.07) is 17.1. The first kappa shape index (κ1) is 25.7. The van der Waals surface area contributed by atoms with Crippen molar-refractivity contribution in [1.29, 1.82) is 0 Å². The fourth-order valence-corrected chi connectivity index (χ4v) is 3.61. The van der Waals surface area contributed by atoms with Gasteiger partial charge in [0.15, 0.2) is 11.6 Å². The van der Waals surface area contributed by atoms with E-state index in [1.165, 1.54) is 34.0 Å². The standard InChI is InChI=1S/C22H23F2N.C4H4O4/c1-15-12-16(13-17-6-4-5-7-19(15)17)8-11-22(25(2)3)18-9-10-20(23)21(24)14-18;5-3(6)1-2-4(7)8/h4-7,9-10,12-14,22H,8,11H2,1-3H3;1-2H,(H,5,6)(H,7,8). The minimum Gasteiger partial charge on any atom is -0.478 e. The van der Waals surface area contributed by atoms with E-state index in [2.05, 4.69) is 48.2 Å². The number of aryl methyl sites for hydroxylation is 2. The third-order valence-corrected chi connectivity index (χ3v) is 5.16. The average molecular weight is 456 g/mol. The number of nitrogens with zero attached hydrogens (tertiary/aromatic N) is 1. The van der Waals surface area contributed by atoms with Crippen LogP contribution < -0.4 is 0 Å². The van der Waals surface area contributed by atoms with Crippen LogP contribution in [0.15, 0.2) is 66.7 Å². The molecule has 0 spiro atoms. The molecule has 2 N–H and O–H groups in total. The third kappa shape index (κ3) is 7.80. The van der Waals surface area contributed by atoms with Crippen LogP contribution in [0.25, 0.3) is 10.8 Å². The lowest BCUT2D eigenvalue weighted by atomic mass is 9.95. The molecule has 0 aliphatic heterocycles. The van der Waals surface area contributed by atoms with Gasteiger partial charge >= 0.3 is 11.9 Å². The summed E-state index contributed by atoms with van der Waals surface area (Å²) >= 11 is 0. The summed E-state index contributed by atoms with van der Waals surface area (Å²) in [5, 5.41) is 18.1. The Bertz CT molecular complexity index is 1140. The molecule has 174 valence electrons. The van der Waals surface area contributed by atoms with E-state index in [4.69, 9.17) is 10.2 Å². The van der Waals surface area contributed by atoms with Crippen LogP contribution in [0.2, 0.25) is 0 Å². The van der Waals surface area contributed by atoms with Gasteiger partial charge in [0.2, 0.25) is 0 Å². The molecule has 33 heavy (non-hydrogen) atoms. The van der Waals surface area contributed by atoms with Crippen LogP contribution in [-0.4, -0.2) is 41.1 Å². The molecule has 1 atom stereocenters. The van der Waals surface area contributed by atoms with Crippen molar-refractivity contribution in [2.24, 2.45) is 0 Å². The molecule has 0 saturated carbocycles. The molecular formula is C26H27F2NO4. The number of carboxylic acids is 2. The highest BCUT2D eigenvalue weighted by molar-refractivity contribution is 5.89. The van der Waals surface area contributed by atoms with Gasteiger partial charge in [-0.3, -0.25) is 0 Å². The number of carbonyl (C=O) groups is 2. The van der Waals surface area contributed by atoms with Crippen molar-refractivity contribution in [2.75, 3.05) is 14.1 Å². The Hall–Kier alpha value is -3.58. The second-order valence-corrected chi connectivity index (χ2v) is 7.84. The number of rotatable bonds is 7. The molecule has 1 unspecified atom stereocenters. The van der Waals surface area contributed by atoms with Crippen LogP contribution in [0.5, 0.6) is 0 Å². The molecule has 0 fully saturated rings. The first-order chi connectivity index (χ1) is 15.6. The van der Waals surface area contributed by atoms with E-state index in [9.17, 15) is 18.4 Å². The summed E-state index contributed by atoms with van der Waals surface area (Å²) in [5.74, 6) is -4.10. The highest BCUT2D eigenvalue weighted by Gasteiger charge is 2.16. The van der Waals surface area contributed by atoms with Gasteiger partial charge in [0, 0.05) is 18.2 Å². The van der Waals surface area contributed by atoms with Crippen molar-refractivity contribution in [3.8, 4) is 0 Å². The Morgan fingerprint density at radius 1 is 0.939 bits per heavy atom. The molecule has 0 bridgehead atoms. The molecule has 0 aliphatic carbocycles. The Morgan fingerprint density at radius 3 is 2.15 bits per heavy atom. The zero-order valence-corrected chi connectivity index (χ0v) is 18.8. The van der Waals surface area contributed by atoms with Crippen molar-refractivity contribution in [1.82, 2.24) is 4.90 Å². The van der Waals surface area contributed by atoms with Crippen LogP contribution >= 0.6 is 0 Å². The number of halogens is 2. The summed E-state index contributed by atoms with van der Waals surface area (Å²) in [4.78, 5) is 21.2. The molecular weight excluding hydrogens is 428 g/mol. The van der Waals surface area contributed by atoms with E-state index < -0.39 is 23.6 Å². The lowest BCUT2D eigenvalue weighted by Crippen LogP contribution is -2.21. The van der Waals surface area contributed by atoms with E-state index in [0.717, 1.165) is 18.4 Å². The van der Waals surface area contributed by atoms with Crippen LogP contribution in [0, 0.1) is 18.6 Å². The third-order valence-electron chi connectivity index (χ3n) is 5.16. The Balaban J connectivity index is 0.000000414. The number of benzene rings is 3. The maximum atomic E-state index is 13.6. The second-order valence-electron chi connectivity index (χ2n) is 7.84. The van der Waals surface area contributed by atoms with Gasteiger partial charge in [-0.2, -0.15) is 0 Å². The number of carboxylic acid groups (broad SMARTS) is 2. The number of hydrogen-bond donors (Lipinski definition) is 2. The monoisotopic (exact) mass is 455 g/mol. The lowest BCUT2D eigenvalue weighted by molar-refractivity contribution is -0.134. The average Bonchev–Trinajstić information content (AvgIpc) is 2.75. The van der Waals surface area contributed by atoms with Crippen LogP contribution in [0.4, 0.5) is 8.78 Å². The summed E-state index contributed by atoms with van der Waals surface area (Å²) in [6.45, 7) is 2.13. The van der Waals surface area contributed by atoms with Crippen LogP contribution in [-0.2, 0) is 16.0 Å². The Kier molecular flexibility index (Phi) is 9.24. The molecule has 5 nitrogen and oxygen atoms in total. The first-order valence-electron chi connectivity index (χ1n) is 10.3. The molecule has 0 saturated heterocycles. The number of fused-ring (bicyclic) bond motifs is 1. The highest BCUT2D eigenvalue weighted by Crippen LogP contribution is 2.27. The molecule has 3 aromatic rings. The number of aliphatic carboxylic acids is 2. The van der Waals surface area contributed by atoms with Gasteiger partial charge in [0.05, 0.1) is 0 Å². The maximum Gasteiger partial charge on any atom is 0.328 e. The minimum atomic E-state index is -1.26. The van der Waals surface area contributed by atoms with E-state index in [1.54, 1.807) is 6.07 Å². The van der Waals surface area contributed by atoms with Gasteiger partial charge < -0.3 is 15.1 Å². The van der Waals surface area contributed by atoms with Crippen molar-refractivity contribution in [3.05, 3.63) is 95.1 Å². The van der Waals surface area contributed by atoms with Crippen molar-refractivity contribution in [3.63, 3.8) is 0 Å². The van der Waals surface area contributed by atoms with E-state index in [0.29, 0.717) is 12.2 Å². The first-order valence-corrected chi connectivity index (χ1v) is 10.3. The van der Waals surface area contributed by atoms with Crippen molar-refractivity contribution >= 4 is 22.7 Å². The predicted molar refractivity (Wildman–Crippen MR) is 124 cm³/mol. The number of hydrogen-bond acceptors (Lipinski definition) is 3. The topological polar surface area (TPSA) is 77.8 Å². The van der Waals surface area contributed by atoms with Crippen molar-refractivity contribution in [2.45, 2.75) is 25.8 Å². The molecule has 3 rings (SSSR count). The van der Waals surface area contributed by atoms with E-state index in [-0.39, 0.29) is 6.04 Å². The van der Waals surface area contributed by atoms with Crippen LogP contribution in [0.1, 0.15) is 29.2 Å². The largest absolute Gasteiger partial charge is 0.478 e. The predicted octanol–water partition coefficient (Wildman–Crippen LogP) is 5.37. The molecule has 0 radical (unpaired) electrons. The molecule has 0 aliphatic rings. The van der Waals surface area contributed by atoms with E-state index in [1.807, 2.05) is 14.1 Å². The second kappa shape index (κ2) is 11.9. The van der Waals surface area contributed by atoms with Gasteiger partial charge in [-0.15, -0.1) is 0 Å². The SMILES string of the molecule is Cc1cc(CCC(c2ccc(F)c(F)c2)N(C)C)cc2ccccc12.O=C(O)C=CC(=O)O. The van der Waals surface area contributed by atoms with Gasteiger partial charge in [-0.1, -0.05) is 42.5 Å². The molecule has 7 heteroatoms. The van der Waals surface area contributed by atoms with E-state index >= 15 is 0 Å². The maximum absolute atomic E-state index is 13.6. The Morgan fingerprint density at radius 2 is 1.58 bits per heavy atom. The highest BCUT2D eigenvalue weighted by atomic mass is 19.2. The summed E-state index contributed by atoms with van der Waals surface area (Å²) in [5.41, 5.74) is 3.34. The van der Waals surface area contributed by atoms with Gasteiger partial charge in [-0.25, -0.2) is 18.4 Å². The van der Waals surface area contributed by atoms with Crippen molar-refractivity contribution < 1.29 is 28.6 Å². The fourth-order valence-electron chi connectivity index (χ4n) is 3.61. The van der Waals surface area contributed by atoms with Gasteiger partial charge in [0.25, 0.3) is 0 Å². The Labute approximate surface area is 191 Å². The molecule has 0 aromatic heterocycles. The van der Waals surface area contributed by atoms with Crippen LogP contribution in [0.3, 0.4) is 0 Å². The minimum absolute atomic E-state index is 0.0434. The van der Waals surface area contributed by atoms with Gasteiger partial charge in [0.1, 0.15) is 0 Å². The molecule has 0 heterocycles. The summed E-state index contributed by atoms with van der Waals surface area (Å²) in [7, 11) is 3.94. The summed E-state index contributed by atoms with van der Waals surface area (Å²) < 4.78 is 26.8. The fraction of sp³-hybridized carbons (Fsp3) is 0.231. The zero-order chi connectivity index (χ0) is 24.5. The molecule has 3 aromatic carbocycles. The normalized spacial score (nSPS) is 11.9.